The summed E-state index contributed by atoms with van der Waals surface area (Å²) in [5.41, 5.74) is 2.65. The molecule has 6 heteroatoms. The average molecular weight is 391 g/mol. The minimum Gasteiger partial charge on any atom is -0.497 e. The molecule has 3 aromatic carbocycles. The summed E-state index contributed by atoms with van der Waals surface area (Å²) in [6, 6.07) is 19.6. The highest BCUT2D eigenvalue weighted by Crippen LogP contribution is 2.29. The maximum Gasteiger partial charge on any atom is 0.335 e. The van der Waals surface area contributed by atoms with Gasteiger partial charge in [0.1, 0.15) is 12.4 Å². The lowest BCUT2D eigenvalue weighted by Gasteiger charge is -2.11. The van der Waals surface area contributed by atoms with E-state index in [-0.39, 0.29) is 12.2 Å². The largest absolute Gasteiger partial charge is 0.497 e. The van der Waals surface area contributed by atoms with E-state index in [2.05, 4.69) is 4.99 Å². The number of hydrogen-bond acceptors (Lipinski definition) is 5. The van der Waals surface area contributed by atoms with Crippen LogP contribution in [0.15, 0.2) is 71.7 Å². The zero-order valence-corrected chi connectivity index (χ0v) is 16.2. The van der Waals surface area contributed by atoms with Crippen LogP contribution >= 0.6 is 0 Å². The molecule has 148 valence electrons. The minimum atomic E-state index is -0.968. The van der Waals surface area contributed by atoms with Crippen LogP contribution in [-0.4, -0.2) is 31.5 Å². The maximum atomic E-state index is 11.1. The van der Waals surface area contributed by atoms with Gasteiger partial charge in [-0.3, -0.25) is 4.99 Å². The van der Waals surface area contributed by atoms with Crippen molar-refractivity contribution >= 4 is 17.9 Å². The Morgan fingerprint density at radius 3 is 2.45 bits per heavy atom. The molecule has 6 nitrogen and oxygen atoms in total. The molecule has 3 aromatic rings. The van der Waals surface area contributed by atoms with E-state index in [0.717, 1.165) is 22.6 Å². The first-order valence-corrected chi connectivity index (χ1v) is 8.90. The van der Waals surface area contributed by atoms with Crippen molar-refractivity contribution in [2.24, 2.45) is 4.99 Å². The topological polar surface area (TPSA) is 77.4 Å². The molecule has 0 aliphatic rings. The predicted molar refractivity (Wildman–Crippen MR) is 111 cm³/mol. The van der Waals surface area contributed by atoms with Crippen molar-refractivity contribution in [1.29, 1.82) is 0 Å². The number of carbonyl (C=O) groups is 1. The van der Waals surface area contributed by atoms with Gasteiger partial charge < -0.3 is 19.3 Å². The summed E-state index contributed by atoms with van der Waals surface area (Å²) in [6.07, 6.45) is 1.74. The third-order valence-corrected chi connectivity index (χ3v) is 4.19. The molecule has 0 aliphatic heterocycles. The van der Waals surface area contributed by atoms with Crippen LogP contribution < -0.4 is 14.2 Å². The van der Waals surface area contributed by atoms with Crippen LogP contribution in [0.1, 0.15) is 21.5 Å². The lowest BCUT2D eigenvalue weighted by atomic mass is 10.1. The van der Waals surface area contributed by atoms with E-state index in [4.69, 9.17) is 19.3 Å². The third kappa shape index (κ3) is 5.35. The van der Waals surface area contributed by atoms with E-state index in [9.17, 15) is 4.79 Å². The third-order valence-electron chi connectivity index (χ3n) is 4.19. The molecule has 0 aliphatic carbocycles. The zero-order chi connectivity index (χ0) is 20.6. The summed E-state index contributed by atoms with van der Waals surface area (Å²) >= 11 is 0. The molecular weight excluding hydrogens is 370 g/mol. The van der Waals surface area contributed by atoms with E-state index in [1.54, 1.807) is 44.7 Å². The molecule has 0 atom stereocenters. The average Bonchev–Trinajstić information content (AvgIpc) is 2.77. The van der Waals surface area contributed by atoms with Crippen LogP contribution in [0.25, 0.3) is 0 Å². The predicted octanol–water partition coefficient (Wildman–Crippen LogP) is 4.73. The molecule has 0 spiro atoms. The van der Waals surface area contributed by atoms with Gasteiger partial charge in [-0.25, -0.2) is 4.79 Å². The van der Waals surface area contributed by atoms with Crippen molar-refractivity contribution in [3.05, 3.63) is 83.4 Å². The minimum absolute atomic E-state index is 0.225. The van der Waals surface area contributed by atoms with Crippen molar-refractivity contribution in [1.82, 2.24) is 0 Å². The van der Waals surface area contributed by atoms with Gasteiger partial charge in [-0.1, -0.05) is 12.1 Å². The fraction of sp³-hybridized carbons (Fsp3) is 0.130. The quantitative estimate of drug-likeness (QED) is 0.562. The maximum absolute atomic E-state index is 11.1. The van der Waals surface area contributed by atoms with Gasteiger partial charge in [-0.05, 0) is 65.7 Å². The van der Waals surface area contributed by atoms with Crippen molar-refractivity contribution in [3.63, 3.8) is 0 Å². The normalized spacial score (nSPS) is 10.7. The summed E-state index contributed by atoms with van der Waals surface area (Å²) in [4.78, 5) is 15.5. The number of nitrogens with zero attached hydrogens (tertiary/aromatic N) is 1. The lowest BCUT2D eigenvalue weighted by Crippen LogP contribution is -2.01. The second-order valence-corrected chi connectivity index (χ2v) is 6.16. The number of rotatable bonds is 8. The van der Waals surface area contributed by atoms with E-state index < -0.39 is 5.97 Å². The van der Waals surface area contributed by atoms with Crippen LogP contribution in [0.2, 0.25) is 0 Å². The number of carboxylic acid groups (broad SMARTS) is 1. The number of aromatic carboxylic acids is 1. The fourth-order valence-electron chi connectivity index (χ4n) is 2.66. The Morgan fingerprint density at radius 1 is 0.966 bits per heavy atom. The van der Waals surface area contributed by atoms with Crippen LogP contribution in [0.4, 0.5) is 5.69 Å². The van der Waals surface area contributed by atoms with Crippen LogP contribution in [0.5, 0.6) is 17.2 Å². The van der Waals surface area contributed by atoms with E-state index in [1.807, 2.05) is 42.5 Å². The highest BCUT2D eigenvalue weighted by Gasteiger charge is 2.07. The molecule has 0 bridgehead atoms. The monoisotopic (exact) mass is 391 g/mol. The van der Waals surface area contributed by atoms with Gasteiger partial charge >= 0.3 is 5.97 Å². The number of benzene rings is 3. The van der Waals surface area contributed by atoms with Crippen molar-refractivity contribution in [3.8, 4) is 17.2 Å². The Morgan fingerprint density at radius 2 is 1.76 bits per heavy atom. The van der Waals surface area contributed by atoms with Crippen molar-refractivity contribution in [2.45, 2.75) is 6.61 Å². The number of ether oxygens (including phenoxy) is 3. The molecule has 0 heterocycles. The Bertz CT molecular complexity index is 1010. The van der Waals surface area contributed by atoms with Crippen LogP contribution in [-0.2, 0) is 6.61 Å². The van der Waals surface area contributed by atoms with Gasteiger partial charge in [0.15, 0.2) is 11.5 Å². The molecule has 0 saturated heterocycles. The second-order valence-electron chi connectivity index (χ2n) is 6.16. The molecule has 0 fully saturated rings. The fourth-order valence-corrected chi connectivity index (χ4v) is 2.66. The molecule has 0 radical (unpaired) electrons. The summed E-state index contributed by atoms with van der Waals surface area (Å²) in [5, 5.41) is 9.09. The molecule has 0 saturated carbocycles. The number of methoxy groups -OCH3 is 2. The molecule has 29 heavy (non-hydrogen) atoms. The lowest BCUT2D eigenvalue weighted by molar-refractivity contribution is 0.0696. The summed E-state index contributed by atoms with van der Waals surface area (Å²) in [6.45, 7) is 0.233. The highest BCUT2D eigenvalue weighted by atomic mass is 16.5. The molecule has 1 N–H and O–H groups in total. The standard InChI is InChI=1S/C23H21NO5/c1-27-20-9-7-19(8-10-20)24-14-16-6-11-21(22(13-16)28-2)29-15-17-4-3-5-18(12-17)23(25)26/h3-14H,15H2,1-2H3,(H,25,26). The summed E-state index contributed by atoms with van der Waals surface area (Å²) in [5.74, 6) is 0.943. The van der Waals surface area contributed by atoms with E-state index in [1.165, 1.54) is 0 Å². The Balaban J connectivity index is 1.70. The van der Waals surface area contributed by atoms with Gasteiger partial charge in [-0.2, -0.15) is 0 Å². The zero-order valence-electron chi connectivity index (χ0n) is 16.2. The number of carboxylic acids is 1. The molecule has 3 rings (SSSR count). The first-order valence-electron chi connectivity index (χ1n) is 8.90. The molecule has 0 amide bonds. The summed E-state index contributed by atoms with van der Waals surface area (Å²) < 4.78 is 16.4. The van der Waals surface area contributed by atoms with Gasteiger partial charge in [0.05, 0.1) is 25.5 Å². The summed E-state index contributed by atoms with van der Waals surface area (Å²) in [7, 11) is 3.19. The first-order chi connectivity index (χ1) is 14.1. The molecule has 0 aromatic heterocycles. The highest BCUT2D eigenvalue weighted by molar-refractivity contribution is 5.87. The van der Waals surface area contributed by atoms with Crippen molar-refractivity contribution < 1.29 is 24.1 Å². The number of aliphatic imine (C=N–C) groups is 1. The Kier molecular flexibility index (Phi) is 6.47. The number of hydrogen-bond donors (Lipinski definition) is 1. The van der Waals surface area contributed by atoms with Gasteiger partial charge in [0, 0.05) is 6.21 Å². The first kappa shape index (κ1) is 19.9. The van der Waals surface area contributed by atoms with E-state index >= 15 is 0 Å². The second kappa shape index (κ2) is 9.41. The smallest absolute Gasteiger partial charge is 0.335 e. The van der Waals surface area contributed by atoms with Gasteiger partial charge in [-0.15, -0.1) is 0 Å². The van der Waals surface area contributed by atoms with Crippen LogP contribution in [0, 0.1) is 0 Å². The Labute approximate surface area is 169 Å². The van der Waals surface area contributed by atoms with Crippen LogP contribution in [0.3, 0.4) is 0 Å². The van der Waals surface area contributed by atoms with Crippen molar-refractivity contribution in [2.75, 3.05) is 14.2 Å². The molecule has 0 unspecified atom stereocenters. The SMILES string of the molecule is COc1ccc(N=Cc2ccc(OCc3cccc(C(=O)O)c3)c(OC)c2)cc1. The van der Waals surface area contributed by atoms with Gasteiger partial charge in [0.2, 0.25) is 0 Å². The Hall–Kier alpha value is -3.80. The van der Waals surface area contributed by atoms with E-state index in [0.29, 0.717) is 11.5 Å². The van der Waals surface area contributed by atoms with Gasteiger partial charge in [0.25, 0.3) is 0 Å². The molecular formula is C23H21NO5.